The van der Waals surface area contributed by atoms with Crippen LogP contribution in [0.25, 0.3) is 11.1 Å². The minimum Gasteiger partial charge on any atom is -0.493 e. The van der Waals surface area contributed by atoms with Crippen molar-refractivity contribution in [3.8, 4) is 16.9 Å². The maximum atomic E-state index is 5.69. The van der Waals surface area contributed by atoms with Crippen LogP contribution in [-0.2, 0) is 4.74 Å². The van der Waals surface area contributed by atoms with Crippen LogP contribution in [0.4, 0.5) is 0 Å². The van der Waals surface area contributed by atoms with Crippen molar-refractivity contribution in [3.63, 3.8) is 0 Å². The van der Waals surface area contributed by atoms with Crippen LogP contribution in [0.2, 0.25) is 0 Å². The van der Waals surface area contributed by atoms with E-state index in [4.69, 9.17) is 9.47 Å². The molecule has 18 heavy (non-hydrogen) atoms. The summed E-state index contributed by atoms with van der Waals surface area (Å²) in [7, 11) is 1.70. The zero-order chi connectivity index (χ0) is 12.6. The van der Waals surface area contributed by atoms with Gasteiger partial charge in [0.05, 0.1) is 6.61 Å². The minimum atomic E-state index is 0.687. The van der Waals surface area contributed by atoms with E-state index < -0.39 is 0 Å². The van der Waals surface area contributed by atoms with Crippen LogP contribution in [0.15, 0.2) is 54.6 Å². The number of ether oxygens (including phenoxy) is 2. The molecule has 0 saturated heterocycles. The van der Waals surface area contributed by atoms with Crippen molar-refractivity contribution in [2.45, 2.75) is 6.42 Å². The van der Waals surface area contributed by atoms with E-state index in [1.165, 1.54) is 11.1 Å². The van der Waals surface area contributed by atoms with Crippen LogP contribution in [0.1, 0.15) is 6.42 Å². The number of hydrogen-bond acceptors (Lipinski definition) is 2. The van der Waals surface area contributed by atoms with Crippen molar-refractivity contribution in [1.82, 2.24) is 0 Å². The molecular weight excluding hydrogens is 224 g/mol. The van der Waals surface area contributed by atoms with Gasteiger partial charge in [0.25, 0.3) is 0 Å². The molecular formula is C16H18O2. The maximum absolute atomic E-state index is 5.69. The van der Waals surface area contributed by atoms with E-state index in [1.54, 1.807) is 7.11 Å². The predicted octanol–water partition coefficient (Wildman–Crippen LogP) is 3.77. The average Bonchev–Trinajstić information content (AvgIpc) is 2.45. The van der Waals surface area contributed by atoms with E-state index in [0.717, 1.165) is 18.8 Å². The van der Waals surface area contributed by atoms with Crippen molar-refractivity contribution >= 4 is 0 Å². The summed E-state index contributed by atoms with van der Waals surface area (Å²) in [5, 5.41) is 0. The van der Waals surface area contributed by atoms with Crippen LogP contribution in [0, 0.1) is 0 Å². The molecule has 0 aliphatic heterocycles. The molecule has 2 aromatic carbocycles. The normalized spacial score (nSPS) is 10.3. The molecule has 2 rings (SSSR count). The molecule has 0 saturated carbocycles. The highest BCUT2D eigenvalue weighted by Gasteiger charge is 1.99. The van der Waals surface area contributed by atoms with Crippen LogP contribution >= 0.6 is 0 Å². The summed E-state index contributed by atoms with van der Waals surface area (Å²) in [6.07, 6.45) is 0.909. The van der Waals surface area contributed by atoms with Gasteiger partial charge in [-0.25, -0.2) is 0 Å². The third-order valence-corrected chi connectivity index (χ3v) is 2.70. The Bertz CT molecular complexity index is 466. The molecule has 0 spiro atoms. The van der Waals surface area contributed by atoms with Gasteiger partial charge in [0, 0.05) is 20.1 Å². The van der Waals surface area contributed by atoms with Crippen molar-refractivity contribution in [3.05, 3.63) is 54.6 Å². The van der Waals surface area contributed by atoms with Crippen molar-refractivity contribution in [2.24, 2.45) is 0 Å². The highest BCUT2D eigenvalue weighted by Crippen LogP contribution is 2.23. The first kappa shape index (κ1) is 12.7. The summed E-state index contributed by atoms with van der Waals surface area (Å²) in [6, 6.07) is 18.5. The Labute approximate surface area is 108 Å². The summed E-state index contributed by atoms with van der Waals surface area (Å²) in [5.41, 5.74) is 2.39. The first-order chi connectivity index (χ1) is 8.90. The summed E-state index contributed by atoms with van der Waals surface area (Å²) in [4.78, 5) is 0. The highest BCUT2D eigenvalue weighted by atomic mass is 16.5. The lowest BCUT2D eigenvalue weighted by molar-refractivity contribution is 0.172. The first-order valence-corrected chi connectivity index (χ1v) is 6.17. The van der Waals surface area contributed by atoms with Gasteiger partial charge in [-0.15, -0.1) is 0 Å². The highest BCUT2D eigenvalue weighted by molar-refractivity contribution is 5.64. The number of benzene rings is 2. The first-order valence-electron chi connectivity index (χ1n) is 6.17. The minimum absolute atomic E-state index is 0.687. The summed E-state index contributed by atoms with van der Waals surface area (Å²) in [5.74, 6) is 0.910. The fourth-order valence-electron chi connectivity index (χ4n) is 1.79. The monoisotopic (exact) mass is 242 g/mol. The average molecular weight is 242 g/mol. The molecule has 0 amide bonds. The molecule has 0 aliphatic rings. The Balaban J connectivity index is 2.02. The number of hydrogen-bond donors (Lipinski definition) is 0. The third-order valence-electron chi connectivity index (χ3n) is 2.70. The number of methoxy groups -OCH3 is 1. The smallest absolute Gasteiger partial charge is 0.119 e. The fraction of sp³-hybridized carbons (Fsp3) is 0.250. The molecule has 0 aromatic heterocycles. The van der Waals surface area contributed by atoms with Gasteiger partial charge in [-0.05, 0) is 23.3 Å². The van der Waals surface area contributed by atoms with Crippen LogP contribution < -0.4 is 4.74 Å². The Morgan fingerprint density at radius 3 is 2.39 bits per heavy atom. The van der Waals surface area contributed by atoms with E-state index in [0.29, 0.717) is 6.61 Å². The Morgan fingerprint density at radius 2 is 1.61 bits per heavy atom. The van der Waals surface area contributed by atoms with E-state index in [1.807, 2.05) is 30.3 Å². The molecule has 0 N–H and O–H groups in total. The van der Waals surface area contributed by atoms with Gasteiger partial charge in [0.2, 0.25) is 0 Å². The molecule has 0 fully saturated rings. The van der Waals surface area contributed by atoms with Gasteiger partial charge in [-0.1, -0.05) is 42.5 Å². The van der Waals surface area contributed by atoms with Crippen LogP contribution in [-0.4, -0.2) is 20.3 Å². The van der Waals surface area contributed by atoms with Gasteiger partial charge in [-0.2, -0.15) is 0 Å². The molecule has 0 radical (unpaired) electrons. The Morgan fingerprint density at radius 1 is 0.833 bits per heavy atom. The van der Waals surface area contributed by atoms with E-state index >= 15 is 0 Å². The van der Waals surface area contributed by atoms with Gasteiger partial charge in [-0.3, -0.25) is 0 Å². The predicted molar refractivity (Wildman–Crippen MR) is 73.9 cm³/mol. The lowest BCUT2D eigenvalue weighted by Gasteiger charge is -2.08. The van der Waals surface area contributed by atoms with Gasteiger partial charge in [0.1, 0.15) is 5.75 Å². The SMILES string of the molecule is COCCCOc1cccc(-c2ccccc2)c1. The Kier molecular flexibility index (Phi) is 4.79. The van der Waals surface area contributed by atoms with E-state index in [2.05, 4.69) is 24.3 Å². The topological polar surface area (TPSA) is 18.5 Å². The quantitative estimate of drug-likeness (QED) is 0.718. The summed E-state index contributed by atoms with van der Waals surface area (Å²) < 4.78 is 10.7. The van der Waals surface area contributed by atoms with Gasteiger partial charge < -0.3 is 9.47 Å². The standard InChI is InChI=1S/C16H18O2/c1-17-11-6-12-18-16-10-5-9-15(13-16)14-7-3-2-4-8-14/h2-5,7-10,13H,6,11-12H2,1H3. The van der Waals surface area contributed by atoms with Crippen molar-refractivity contribution < 1.29 is 9.47 Å². The summed E-state index contributed by atoms with van der Waals surface area (Å²) in [6.45, 7) is 1.42. The van der Waals surface area contributed by atoms with E-state index in [9.17, 15) is 0 Å². The molecule has 0 bridgehead atoms. The van der Waals surface area contributed by atoms with Crippen molar-refractivity contribution in [1.29, 1.82) is 0 Å². The van der Waals surface area contributed by atoms with Crippen LogP contribution in [0.3, 0.4) is 0 Å². The lowest BCUT2D eigenvalue weighted by Crippen LogP contribution is -2.01. The second kappa shape index (κ2) is 6.82. The molecule has 0 heterocycles. The molecule has 0 unspecified atom stereocenters. The molecule has 0 aliphatic carbocycles. The van der Waals surface area contributed by atoms with Crippen LogP contribution in [0.5, 0.6) is 5.75 Å². The largest absolute Gasteiger partial charge is 0.493 e. The molecule has 0 atom stereocenters. The number of rotatable bonds is 6. The second-order valence-electron chi connectivity index (χ2n) is 4.09. The van der Waals surface area contributed by atoms with E-state index in [-0.39, 0.29) is 0 Å². The third kappa shape index (κ3) is 3.60. The maximum Gasteiger partial charge on any atom is 0.119 e. The van der Waals surface area contributed by atoms with Gasteiger partial charge in [0.15, 0.2) is 0 Å². The molecule has 94 valence electrons. The fourth-order valence-corrected chi connectivity index (χ4v) is 1.79. The Hall–Kier alpha value is -1.80. The van der Waals surface area contributed by atoms with Crippen molar-refractivity contribution in [2.75, 3.05) is 20.3 Å². The zero-order valence-electron chi connectivity index (χ0n) is 10.6. The van der Waals surface area contributed by atoms with Gasteiger partial charge >= 0.3 is 0 Å². The molecule has 2 aromatic rings. The second-order valence-corrected chi connectivity index (χ2v) is 4.09. The molecule has 2 nitrogen and oxygen atoms in total. The summed E-state index contributed by atoms with van der Waals surface area (Å²) >= 11 is 0. The zero-order valence-corrected chi connectivity index (χ0v) is 10.6. The lowest BCUT2D eigenvalue weighted by atomic mass is 10.1. The molecule has 2 heteroatoms.